The van der Waals surface area contributed by atoms with Gasteiger partial charge in [0.05, 0.1) is 6.42 Å². The zero-order valence-corrected chi connectivity index (χ0v) is 42.0. The molecule has 6 nitrogen and oxygen atoms in total. The van der Waals surface area contributed by atoms with E-state index in [4.69, 9.17) is 14.2 Å². The van der Waals surface area contributed by atoms with Crippen LogP contribution >= 0.6 is 0 Å². The number of rotatable bonds is 48. The Balaban J connectivity index is 4.37. The molecule has 0 spiro atoms. The maximum Gasteiger partial charge on any atom is 0.309 e. The fraction of sp³-hybridized carbons (Fsp3) is 0.741. The molecule has 0 radical (unpaired) electrons. The molecule has 0 saturated carbocycles. The van der Waals surface area contributed by atoms with Gasteiger partial charge in [0.1, 0.15) is 13.2 Å². The van der Waals surface area contributed by atoms with Crippen molar-refractivity contribution in [3.05, 3.63) is 72.9 Å². The molecule has 0 aromatic heterocycles. The SMILES string of the molecule is CC/C=C\C/C=C\C/C=C\CC(=O)OCC(COC(=O)CCCCCCCCC/C=C\CCCCCCCCCC)OC(=O)CCCCCCC/C=C\C=C/CCCCCCCCC. The van der Waals surface area contributed by atoms with Crippen LogP contribution in [0.1, 0.15) is 258 Å². The third kappa shape index (κ3) is 49.9. The molecule has 0 bridgehead atoms. The second-order valence-electron chi connectivity index (χ2n) is 17.8. The second kappa shape index (κ2) is 52.5. The molecule has 0 aromatic carbocycles. The van der Waals surface area contributed by atoms with Gasteiger partial charge in [0.2, 0.25) is 0 Å². The van der Waals surface area contributed by atoms with Crippen LogP contribution in [0.2, 0.25) is 0 Å². The van der Waals surface area contributed by atoms with E-state index in [1.807, 2.05) is 6.08 Å². The van der Waals surface area contributed by atoms with Crippen molar-refractivity contribution in [3.8, 4) is 0 Å². The van der Waals surface area contributed by atoms with Crippen LogP contribution in [0.15, 0.2) is 72.9 Å². The van der Waals surface area contributed by atoms with Crippen LogP contribution < -0.4 is 0 Å². The maximum atomic E-state index is 12.8. The van der Waals surface area contributed by atoms with Crippen LogP contribution in [0.4, 0.5) is 0 Å². The van der Waals surface area contributed by atoms with E-state index in [1.165, 1.54) is 141 Å². The molecule has 0 rings (SSSR count). The molecule has 0 aliphatic heterocycles. The first kappa shape index (κ1) is 60.9. The average Bonchev–Trinajstić information content (AvgIpc) is 3.29. The first-order valence-electron chi connectivity index (χ1n) is 27.0. The molecule has 0 saturated heterocycles. The lowest BCUT2D eigenvalue weighted by Gasteiger charge is -2.18. The summed E-state index contributed by atoms with van der Waals surface area (Å²) in [5.74, 6) is -1.06. The minimum Gasteiger partial charge on any atom is -0.462 e. The molecule has 0 amide bonds. The van der Waals surface area contributed by atoms with Gasteiger partial charge >= 0.3 is 17.9 Å². The van der Waals surface area contributed by atoms with Gasteiger partial charge in [-0.1, -0.05) is 229 Å². The fourth-order valence-electron chi connectivity index (χ4n) is 7.43. The van der Waals surface area contributed by atoms with Crippen molar-refractivity contribution >= 4 is 17.9 Å². The third-order valence-corrected chi connectivity index (χ3v) is 11.5. The van der Waals surface area contributed by atoms with Crippen LogP contribution in [0.5, 0.6) is 0 Å². The van der Waals surface area contributed by atoms with Gasteiger partial charge in [0.15, 0.2) is 6.10 Å². The molecule has 0 heterocycles. The molecule has 0 N–H and O–H groups in total. The molecule has 1 atom stereocenters. The second-order valence-corrected chi connectivity index (χ2v) is 17.8. The Morgan fingerprint density at radius 2 is 0.719 bits per heavy atom. The first-order valence-corrected chi connectivity index (χ1v) is 27.0. The summed E-state index contributed by atoms with van der Waals surface area (Å²) < 4.78 is 16.7. The summed E-state index contributed by atoms with van der Waals surface area (Å²) in [5, 5.41) is 0. The van der Waals surface area contributed by atoms with Gasteiger partial charge < -0.3 is 14.2 Å². The van der Waals surface area contributed by atoms with Crippen LogP contribution in [0.3, 0.4) is 0 Å². The summed E-state index contributed by atoms with van der Waals surface area (Å²) in [7, 11) is 0. The molecular weight excluding hydrogens is 793 g/mol. The Kier molecular flexibility index (Phi) is 49.9. The number of carbonyl (C=O) groups is 3. The van der Waals surface area contributed by atoms with E-state index in [-0.39, 0.29) is 31.6 Å². The van der Waals surface area contributed by atoms with E-state index in [1.54, 1.807) is 6.08 Å². The highest BCUT2D eigenvalue weighted by Gasteiger charge is 2.19. The molecule has 6 heteroatoms. The molecular formula is C58H100O6. The minimum absolute atomic E-state index is 0.111. The number of hydrogen-bond acceptors (Lipinski definition) is 6. The van der Waals surface area contributed by atoms with Crippen molar-refractivity contribution in [2.24, 2.45) is 0 Å². The first-order chi connectivity index (χ1) is 31.5. The van der Waals surface area contributed by atoms with E-state index >= 15 is 0 Å². The number of allylic oxidation sites excluding steroid dienone is 11. The molecule has 64 heavy (non-hydrogen) atoms. The zero-order chi connectivity index (χ0) is 46.5. The summed E-state index contributed by atoms with van der Waals surface area (Å²) in [5.41, 5.74) is 0. The summed E-state index contributed by atoms with van der Waals surface area (Å²) in [6, 6.07) is 0. The van der Waals surface area contributed by atoms with E-state index in [2.05, 4.69) is 81.5 Å². The van der Waals surface area contributed by atoms with E-state index in [0.29, 0.717) is 12.8 Å². The van der Waals surface area contributed by atoms with Gasteiger partial charge in [-0.3, -0.25) is 14.4 Å². The van der Waals surface area contributed by atoms with Gasteiger partial charge in [0, 0.05) is 12.8 Å². The smallest absolute Gasteiger partial charge is 0.309 e. The van der Waals surface area contributed by atoms with E-state index in [9.17, 15) is 14.4 Å². The van der Waals surface area contributed by atoms with E-state index < -0.39 is 12.1 Å². The highest BCUT2D eigenvalue weighted by molar-refractivity contribution is 5.72. The highest BCUT2D eigenvalue weighted by Crippen LogP contribution is 2.14. The lowest BCUT2D eigenvalue weighted by Crippen LogP contribution is -2.30. The molecule has 0 aromatic rings. The number of esters is 3. The Bertz CT molecular complexity index is 1210. The maximum absolute atomic E-state index is 12.8. The fourth-order valence-corrected chi connectivity index (χ4v) is 7.43. The largest absolute Gasteiger partial charge is 0.462 e. The van der Waals surface area contributed by atoms with E-state index in [0.717, 1.165) is 77.0 Å². The Morgan fingerprint density at radius 1 is 0.359 bits per heavy atom. The van der Waals surface area contributed by atoms with Crippen molar-refractivity contribution < 1.29 is 28.6 Å². The molecule has 0 aliphatic rings. The Labute approximate surface area is 395 Å². The van der Waals surface area contributed by atoms with Crippen LogP contribution in [-0.4, -0.2) is 37.2 Å². The summed E-state index contributed by atoms with van der Waals surface area (Å²) >= 11 is 0. The van der Waals surface area contributed by atoms with Crippen LogP contribution in [-0.2, 0) is 28.6 Å². The summed E-state index contributed by atoms with van der Waals surface area (Å²) in [6.45, 7) is 6.41. The lowest BCUT2D eigenvalue weighted by atomic mass is 10.1. The summed E-state index contributed by atoms with van der Waals surface area (Å²) in [6.07, 6.45) is 66.5. The van der Waals surface area contributed by atoms with Crippen LogP contribution in [0.25, 0.3) is 0 Å². The van der Waals surface area contributed by atoms with Crippen molar-refractivity contribution in [3.63, 3.8) is 0 Å². The normalized spacial score (nSPS) is 12.6. The molecule has 368 valence electrons. The predicted molar refractivity (Wildman–Crippen MR) is 274 cm³/mol. The predicted octanol–water partition coefficient (Wildman–Crippen LogP) is 17.8. The monoisotopic (exact) mass is 893 g/mol. The van der Waals surface area contributed by atoms with Gasteiger partial charge in [-0.15, -0.1) is 0 Å². The lowest BCUT2D eigenvalue weighted by molar-refractivity contribution is -0.166. The van der Waals surface area contributed by atoms with Gasteiger partial charge in [-0.05, 0) is 83.5 Å². The van der Waals surface area contributed by atoms with Gasteiger partial charge in [0.25, 0.3) is 0 Å². The highest BCUT2D eigenvalue weighted by atomic mass is 16.6. The standard InChI is InChI=1S/C58H100O6/c1-4-7-10-13-16-19-21-23-25-27-29-31-32-34-36-39-42-45-48-51-57(60)63-54-55(53-62-56(59)50-47-44-41-38-18-15-12-9-6-3)64-58(61)52-49-46-43-40-37-35-33-30-28-26-24-22-20-17-14-11-8-5-2/h9,12,18,26-30,33,38,44,47,55H,4-8,10-11,13-17,19-25,31-32,34-37,39-43,45-46,48-54H2,1-3H3/b12-9-,28-26-,29-27-,33-30-,38-18-,47-44-. The zero-order valence-electron chi connectivity index (χ0n) is 42.0. The van der Waals surface area contributed by atoms with Crippen molar-refractivity contribution in [1.29, 1.82) is 0 Å². The van der Waals surface area contributed by atoms with Gasteiger partial charge in [-0.25, -0.2) is 0 Å². The Morgan fingerprint density at radius 3 is 1.17 bits per heavy atom. The number of ether oxygens (including phenoxy) is 3. The number of hydrogen-bond donors (Lipinski definition) is 0. The quantitative estimate of drug-likeness (QED) is 0.0199. The van der Waals surface area contributed by atoms with Gasteiger partial charge in [-0.2, -0.15) is 0 Å². The number of carbonyl (C=O) groups excluding carboxylic acids is 3. The topological polar surface area (TPSA) is 78.9 Å². The van der Waals surface area contributed by atoms with Crippen LogP contribution in [0, 0.1) is 0 Å². The average molecular weight is 893 g/mol. The van der Waals surface area contributed by atoms with Crippen molar-refractivity contribution in [2.45, 2.75) is 264 Å². The molecule has 1 unspecified atom stereocenters. The molecule has 0 fully saturated rings. The van der Waals surface area contributed by atoms with Crippen molar-refractivity contribution in [2.75, 3.05) is 13.2 Å². The Hall–Kier alpha value is -3.15. The minimum atomic E-state index is -0.820. The number of unbranched alkanes of at least 4 members (excludes halogenated alkanes) is 27. The molecule has 0 aliphatic carbocycles. The van der Waals surface area contributed by atoms with Crippen molar-refractivity contribution in [1.82, 2.24) is 0 Å². The third-order valence-electron chi connectivity index (χ3n) is 11.5. The summed E-state index contributed by atoms with van der Waals surface area (Å²) in [4.78, 5) is 37.9.